The van der Waals surface area contributed by atoms with Crippen LogP contribution in [0.15, 0.2) is 0 Å². The molecule has 11 heavy (non-hydrogen) atoms. The minimum absolute atomic E-state index is 0.144. The number of aliphatic hydroxyl groups is 1. The smallest absolute Gasteiger partial charge is 0.0963 e. The summed E-state index contributed by atoms with van der Waals surface area (Å²) in [4.78, 5) is 0. The summed E-state index contributed by atoms with van der Waals surface area (Å²) in [6.45, 7) is 4.49. The van der Waals surface area contributed by atoms with Crippen LogP contribution in [-0.4, -0.2) is 30.0 Å². The SMILES string of the molecule is CCC1O[C@@H](CN)C(O)C1C. The van der Waals surface area contributed by atoms with Crippen LogP contribution in [0.4, 0.5) is 0 Å². The van der Waals surface area contributed by atoms with E-state index in [2.05, 4.69) is 6.92 Å². The Morgan fingerprint density at radius 1 is 1.45 bits per heavy atom. The van der Waals surface area contributed by atoms with Crippen LogP contribution in [0, 0.1) is 5.92 Å². The number of aliphatic hydroxyl groups excluding tert-OH is 1. The maximum Gasteiger partial charge on any atom is 0.0963 e. The zero-order valence-corrected chi connectivity index (χ0v) is 7.16. The molecule has 3 heteroatoms. The van der Waals surface area contributed by atoms with Gasteiger partial charge in [0.25, 0.3) is 0 Å². The summed E-state index contributed by atoms with van der Waals surface area (Å²) in [5.41, 5.74) is 5.42. The lowest BCUT2D eigenvalue weighted by Gasteiger charge is -2.12. The quantitative estimate of drug-likeness (QED) is 0.601. The van der Waals surface area contributed by atoms with Gasteiger partial charge in [-0.25, -0.2) is 0 Å². The molecule has 4 atom stereocenters. The monoisotopic (exact) mass is 159 g/mol. The molecule has 0 amide bonds. The van der Waals surface area contributed by atoms with Crippen molar-refractivity contribution in [2.24, 2.45) is 11.7 Å². The summed E-state index contributed by atoms with van der Waals surface area (Å²) >= 11 is 0. The fraction of sp³-hybridized carbons (Fsp3) is 1.00. The third-order valence-corrected chi connectivity index (χ3v) is 2.49. The van der Waals surface area contributed by atoms with Crippen LogP contribution in [0.3, 0.4) is 0 Å². The summed E-state index contributed by atoms with van der Waals surface area (Å²) in [6, 6.07) is 0. The van der Waals surface area contributed by atoms with Crippen LogP contribution in [0.25, 0.3) is 0 Å². The van der Waals surface area contributed by atoms with Gasteiger partial charge in [0.2, 0.25) is 0 Å². The fourth-order valence-electron chi connectivity index (χ4n) is 1.65. The predicted molar refractivity (Wildman–Crippen MR) is 43.2 cm³/mol. The highest BCUT2D eigenvalue weighted by Gasteiger charge is 2.38. The van der Waals surface area contributed by atoms with E-state index in [0.29, 0.717) is 6.54 Å². The molecule has 0 radical (unpaired) electrons. The van der Waals surface area contributed by atoms with Crippen LogP contribution in [0.1, 0.15) is 20.3 Å². The Morgan fingerprint density at radius 2 is 2.09 bits per heavy atom. The molecule has 1 aliphatic rings. The number of hydrogen-bond acceptors (Lipinski definition) is 3. The van der Waals surface area contributed by atoms with E-state index in [-0.39, 0.29) is 24.2 Å². The summed E-state index contributed by atoms with van der Waals surface area (Å²) < 4.78 is 5.51. The number of hydrogen-bond donors (Lipinski definition) is 2. The van der Waals surface area contributed by atoms with Gasteiger partial charge in [0, 0.05) is 12.5 Å². The molecule has 1 fully saturated rings. The highest BCUT2D eigenvalue weighted by atomic mass is 16.5. The van der Waals surface area contributed by atoms with E-state index in [1.54, 1.807) is 0 Å². The molecule has 0 aliphatic carbocycles. The largest absolute Gasteiger partial charge is 0.390 e. The molecule has 0 aromatic heterocycles. The van der Waals surface area contributed by atoms with Crippen molar-refractivity contribution < 1.29 is 9.84 Å². The van der Waals surface area contributed by atoms with Gasteiger partial charge in [0.05, 0.1) is 18.3 Å². The molecule has 0 saturated carbocycles. The molecular formula is C8H17NO2. The van der Waals surface area contributed by atoms with E-state index < -0.39 is 0 Å². The fourth-order valence-corrected chi connectivity index (χ4v) is 1.65. The van der Waals surface area contributed by atoms with Gasteiger partial charge in [0.15, 0.2) is 0 Å². The molecule has 1 rings (SSSR count). The molecule has 3 N–H and O–H groups in total. The predicted octanol–water partition coefficient (Wildman–Crippen LogP) is 0.119. The first-order chi connectivity index (χ1) is 5.20. The molecule has 66 valence electrons. The van der Waals surface area contributed by atoms with Crippen LogP contribution < -0.4 is 5.73 Å². The van der Waals surface area contributed by atoms with Gasteiger partial charge in [-0.05, 0) is 6.42 Å². The van der Waals surface area contributed by atoms with Crippen molar-refractivity contribution >= 4 is 0 Å². The molecule has 0 aromatic rings. The molecule has 0 bridgehead atoms. The van der Waals surface area contributed by atoms with Crippen molar-refractivity contribution in [2.45, 2.75) is 38.6 Å². The van der Waals surface area contributed by atoms with Gasteiger partial charge in [-0.3, -0.25) is 0 Å². The van der Waals surface area contributed by atoms with Gasteiger partial charge in [-0.15, -0.1) is 0 Å². The maximum absolute atomic E-state index is 9.55. The van der Waals surface area contributed by atoms with E-state index >= 15 is 0 Å². The Hall–Kier alpha value is -0.120. The minimum atomic E-state index is -0.370. The maximum atomic E-state index is 9.55. The summed E-state index contributed by atoms with van der Waals surface area (Å²) in [7, 11) is 0. The average Bonchev–Trinajstić information content (AvgIpc) is 2.30. The lowest BCUT2D eigenvalue weighted by molar-refractivity contribution is 0.0150. The van der Waals surface area contributed by atoms with Crippen LogP contribution in [0.2, 0.25) is 0 Å². The normalized spacial score (nSPS) is 44.7. The molecule has 1 saturated heterocycles. The topological polar surface area (TPSA) is 55.5 Å². The summed E-state index contributed by atoms with van der Waals surface area (Å²) in [5.74, 6) is 0.230. The Bertz CT molecular complexity index is 111. The highest BCUT2D eigenvalue weighted by Crippen LogP contribution is 2.27. The van der Waals surface area contributed by atoms with Crippen molar-refractivity contribution in [3.8, 4) is 0 Å². The molecular weight excluding hydrogens is 142 g/mol. The lowest BCUT2D eigenvalue weighted by atomic mass is 9.97. The number of nitrogens with two attached hydrogens (primary N) is 1. The standard InChI is InChI=1S/C8H17NO2/c1-3-6-5(2)8(10)7(4-9)11-6/h5-8,10H,3-4,9H2,1-2H3/t5?,6?,7-,8?/m0/s1. The van der Waals surface area contributed by atoms with E-state index in [1.807, 2.05) is 6.92 Å². The zero-order valence-electron chi connectivity index (χ0n) is 7.16. The van der Waals surface area contributed by atoms with E-state index in [0.717, 1.165) is 6.42 Å². The van der Waals surface area contributed by atoms with Crippen LogP contribution in [0.5, 0.6) is 0 Å². The van der Waals surface area contributed by atoms with Gasteiger partial charge < -0.3 is 15.6 Å². The first-order valence-corrected chi connectivity index (χ1v) is 4.24. The van der Waals surface area contributed by atoms with Crippen molar-refractivity contribution in [1.82, 2.24) is 0 Å². The molecule has 0 aromatic carbocycles. The second-order valence-electron chi connectivity index (χ2n) is 3.21. The van der Waals surface area contributed by atoms with Crippen LogP contribution in [-0.2, 0) is 4.74 Å². The Kier molecular flexibility index (Phi) is 2.87. The Balaban J connectivity index is 2.53. The van der Waals surface area contributed by atoms with Crippen molar-refractivity contribution in [1.29, 1.82) is 0 Å². The molecule has 3 unspecified atom stereocenters. The summed E-state index contributed by atoms with van der Waals surface area (Å²) in [5, 5.41) is 9.55. The third-order valence-electron chi connectivity index (χ3n) is 2.49. The second kappa shape index (κ2) is 3.52. The van der Waals surface area contributed by atoms with Gasteiger partial charge in [-0.2, -0.15) is 0 Å². The van der Waals surface area contributed by atoms with E-state index in [9.17, 15) is 5.11 Å². The second-order valence-corrected chi connectivity index (χ2v) is 3.21. The van der Waals surface area contributed by atoms with Gasteiger partial charge in [-0.1, -0.05) is 13.8 Å². The molecule has 0 spiro atoms. The van der Waals surface area contributed by atoms with Gasteiger partial charge in [0.1, 0.15) is 0 Å². The molecule has 3 nitrogen and oxygen atoms in total. The summed E-state index contributed by atoms with van der Waals surface area (Å²) in [6.07, 6.45) is 0.632. The van der Waals surface area contributed by atoms with Crippen LogP contribution >= 0.6 is 0 Å². The minimum Gasteiger partial charge on any atom is -0.390 e. The van der Waals surface area contributed by atoms with Crippen molar-refractivity contribution in [3.63, 3.8) is 0 Å². The molecule has 1 heterocycles. The first kappa shape index (κ1) is 8.97. The van der Waals surface area contributed by atoms with Gasteiger partial charge >= 0.3 is 0 Å². The Labute approximate surface area is 67.5 Å². The highest BCUT2D eigenvalue weighted by molar-refractivity contribution is 4.87. The lowest BCUT2D eigenvalue weighted by Crippen LogP contribution is -2.31. The first-order valence-electron chi connectivity index (χ1n) is 4.24. The molecule has 1 aliphatic heterocycles. The van der Waals surface area contributed by atoms with Crippen molar-refractivity contribution in [3.05, 3.63) is 0 Å². The Morgan fingerprint density at radius 3 is 2.36 bits per heavy atom. The third kappa shape index (κ3) is 1.55. The van der Waals surface area contributed by atoms with E-state index in [4.69, 9.17) is 10.5 Å². The van der Waals surface area contributed by atoms with Crippen molar-refractivity contribution in [2.75, 3.05) is 6.54 Å². The van der Waals surface area contributed by atoms with E-state index in [1.165, 1.54) is 0 Å². The zero-order chi connectivity index (χ0) is 8.43. The number of ether oxygens (including phenoxy) is 1. The average molecular weight is 159 g/mol. The number of rotatable bonds is 2.